The van der Waals surface area contributed by atoms with E-state index in [-0.39, 0.29) is 10.4 Å². The van der Waals surface area contributed by atoms with Crippen LogP contribution in [-0.2, 0) is 20.2 Å². The molecule has 4 amide bonds. The number of carbonyl (C=O) groups is 4. The van der Waals surface area contributed by atoms with Gasteiger partial charge in [-0.2, -0.15) is 26.9 Å². The number of imide groups is 1. The number of nitrogens with zero attached hydrogens (tertiary/aromatic N) is 2. The average molecular weight is 638 g/mol. The fourth-order valence-electron chi connectivity index (χ4n) is 4.47. The number of benzene rings is 4. The smallest absolute Gasteiger partial charge is 0.354 e. The molecule has 0 radical (unpaired) electrons. The van der Waals surface area contributed by atoms with Crippen molar-refractivity contribution in [1.29, 1.82) is 0 Å². The van der Waals surface area contributed by atoms with Crippen LogP contribution < -0.4 is 16.6 Å². The molecule has 1 aliphatic heterocycles. The minimum atomic E-state index is -5.06. The number of anilines is 1. The van der Waals surface area contributed by atoms with Crippen LogP contribution in [0.2, 0.25) is 0 Å². The average Bonchev–Trinajstić information content (AvgIpc) is 2.98. The number of nitrogen functional groups attached to an aromatic ring is 1. The van der Waals surface area contributed by atoms with Crippen molar-refractivity contribution in [1.82, 2.24) is 15.9 Å². The SMILES string of the molecule is Nc1c(S(=O)(=O)O)cc2c3c(cc(S(=O)(=O)O)cc13)C(=O)N(NC(=O)N/N=C\c1ccc(-c3ccc(C=O)cc3)cc1)C2=O. The van der Waals surface area contributed by atoms with Crippen molar-refractivity contribution in [2.24, 2.45) is 5.10 Å². The van der Waals surface area contributed by atoms with Crippen LogP contribution in [0, 0.1) is 0 Å². The molecule has 0 bridgehead atoms. The topological polar surface area (TPSA) is 243 Å². The molecule has 44 heavy (non-hydrogen) atoms. The number of aldehydes is 1. The lowest BCUT2D eigenvalue weighted by atomic mass is 9.93. The van der Waals surface area contributed by atoms with E-state index in [2.05, 4.69) is 10.5 Å². The molecule has 0 saturated carbocycles. The minimum absolute atomic E-state index is 0.171. The third-order valence-corrected chi connectivity index (χ3v) is 8.26. The largest absolute Gasteiger partial charge is 0.397 e. The van der Waals surface area contributed by atoms with Gasteiger partial charge in [0.1, 0.15) is 11.2 Å². The van der Waals surface area contributed by atoms with Gasteiger partial charge in [-0.25, -0.2) is 15.6 Å². The van der Waals surface area contributed by atoms with Gasteiger partial charge in [0, 0.05) is 16.3 Å². The van der Waals surface area contributed by atoms with E-state index in [1.807, 2.05) is 5.43 Å². The molecule has 4 aromatic rings. The van der Waals surface area contributed by atoms with Crippen LogP contribution in [0.4, 0.5) is 10.5 Å². The Kier molecular flexibility index (Phi) is 7.48. The highest BCUT2D eigenvalue weighted by atomic mass is 32.2. The van der Waals surface area contributed by atoms with Gasteiger partial charge in [-0.1, -0.05) is 48.5 Å². The molecule has 0 aliphatic carbocycles. The van der Waals surface area contributed by atoms with Gasteiger partial charge in [0.2, 0.25) is 0 Å². The molecule has 1 heterocycles. The van der Waals surface area contributed by atoms with E-state index in [4.69, 9.17) is 5.73 Å². The predicted octanol–water partition coefficient (Wildman–Crippen LogP) is 2.24. The lowest BCUT2D eigenvalue weighted by Gasteiger charge is -2.28. The molecule has 224 valence electrons. The number of nitrogens with two attached hydrogens (primary N) is 1. The summed E-state index contributed by atoms with van der Waals surface area (Å²) in [6, 6.07) is 14.8. The summed E-state index contributed by atoms with van der Waals surface area (Å²) < 4.78 is 66.8. The number of urea groups is 1. The van der Waals surface area contributed by atoms with Crippen LogP contribution in [0.3, 0.4) is 0 Å². The van der Waals surface area contributed by atoms with Crippen molar-refractivity contribution >= 4 is 67.0 Å². The van der Waals surface area contributed by atoms with E-state index in [9.17, 15) is 45.1 Å². The number of hydrogen-bond acceptors (Lipinski definition) is 10. The van der Waals surface area contributed by atoms with Gasteiger partial charge in [0.15, 0.2) is 0 Å². The second kappa shape index (κ2) is 11.0. The second-order valence-electron chi connectivity index (χ2n) is 9.30. The summed E-state index contributed by atoms with van der Waals surface area (Å²) in [5.74, 6) is -2.49. The highest BCUT2D eigenvalue weighted by Gasteiger charge is 2.38. The van der Waals surface area contributed by atoms with E-state index in [1.165, 1.54) is 6.21 Å². The summed E-state index contributed by atoms with van der Waals surface area (Å²) in [6.45, 7) is 0. The molecular weight excluding hydrogens is 618 g/mol. The third kappa shape index (κ3) is 5.62. The van der Waals surface area contributed by atoms with Crippen molar-refractivity contribution < 1.29 is 45.1 Å². The Labute approximate surface area is 248 Å². The summed E-state index contributed by atoms with van der Waals surface area (Å²) in [4.78, 5) is 48.0. The van der Waals surface area contributed by atoms with Gasteiger partial charge >= 0.3 is 6.03 Å². The van der Waals surface area contributed by atoms with Crippen molar-refractivity contribution in [2.75, 3.05) is 5.73 Å². The Morgan fingerprint density at radius 1 is 0.818 bits per heavy atom. The summed E-state index contributed by atoms with van der Waals surface area (Å²) in [7, 11) is -10.0. The minimum Gasteiger partial charge on any atom is -0.397 e. The molecule has 0 atom stereocenters. The first-order chi connectivity index (χ1) is 20.7. The maximum absolute atomic E-state index is 13.2. The Hall–Kier alpha value is -5.49. The zero-order valence-electron chi connectivity index (χ0n) is 22.0. The Morgan fingerprint density at radius 3 is 1.89 bits per heavy atom. The lowest BCUT2D eigenvalue weighted by molar-refractivity contribution is 0.0541. The number of hydrazine groups is 1. The molecule has 0 aromatic heterocycles. The Balaban J connectivity index is 1.39. The summed E-state index contributed by atoms with van der Waals surface area (Å²) >= 11 is 0. The van der Waals surface area contributed by atoms with E-state index in [0.29, 0.717) is 23.3 Å². The van der Waals surface area contributed by atoms with Crippen LogP contribution in [0.5, 0.6) is 0 Å². The lowest BCUT2D eigenvalue weighted by Crippen LogP contribution is -2.53. The molecule has 0 fully saturated rings. The van der Waals surface area contributed by atoms with Gasteiger partial charge in [0.25, 0.3) is 32.1 Å². The first-order valence-corrected chi connectivity index (χ1v) is 15.1. The van der Waals surface area contributed by atoms with Crippen LogP contribution in [0.25, 0.3) is 21.9 Å². The summed E-state index contributed by atoms with van der Waals surface area (Å²) in [5.41, 5.74) is 10.9. The number of carbonyl (C=O) groups excluding carboxylic acids is 4. The summed E-state index contributed by atoms with van der Waals surface area (Å²) in [5, 5.41) is 3.23. The van der Waals surface area contributed by atoms with Crippen molar-refractivity contribution in [2.45, 2.75) is 9.79 Å². The fraction of sp³-hybridized carbons (Fsp3) is 0. The third-order valence-electron chi connectivity index (χ3n) is 6.54. The molecule has 1 aliphatic rings. The standard InChI is InChI=1S/C27H19N5O10S2/c28-24-19-9-18(43(37,38)39)10-20-23(19)21(11-22(24)44(40,41)42)26(35)32(25(20)34)31-27(36)30-29-12-14-1-5-16(6-2-14)17-7-3-15(13-33)4-8-17/h1-13H,28H2,(H2,30,31,36)(H,37,38,39)(H,40,41,42)/b29-12-. The molecule has 4 aromatic carbocycles. The first-order valence-electron chi connectivity index (χ1n) is 12.2. The van der Waals surface area contributed by atoms with Crippen LogP contribution >= 0.6 is 0 Å². The van der Waals surface area contributed by atoms with Gasteiger partial charge in [-0.05, 0) is 34.9 Å². The number of amides is 4. The molecule has 0 saturated heterocycles. The second-order valence-corrected chi connectivity index (χ2v) is 12.1. The van der Waals surface area contributed by atoms with E-state index < -0.39 is 70.1 Å². The maximum Gasteiger partial charge on any atom is 0.354 e. The van der Waals surface area contributed by atoms with Crippen LogP contribution in [0.1, 0.15) is 36.6 Å². The van der Waals surface area contributed by atoms with E-state index in [1.54, 1.807) is 48.5 Å². The summed E-state index contributed by atoms with van der Waals surface area (Å²) in [6.07, 6.45) is 1.99. The molecule has 17 heteroatoms. The number of rotatable bonds is 7. The molecular formula is C27H19N5O10S2. The van der Waals surface area contributed by atoms with Gasteiger partial charge in [0.05, 0.1) is 27.9 Å². The molecule has 0 spiro atoms. The van der Waals surface area contributed by atoms with Gasteiger partial charge in [-0.15, -0.1) is 0 Å². The van der Waals surface area contributed by atoms with Crippen molar-refractivity contribution in [3.63, 3.8) is 0 Å². The predicted molar refractivity (Wildman–Crippen MR) is 155 cm³/mol. The first kappa shape index (κ1) is 30.0. The highest BCUT2D eigenvalue weighted by molar-refractivity contribution is 7.86. The van der Waals surface area contributed by atoms with E-state index >= 15 is 0 Å². The Bertz CT molecular complexity index is 2120. The normalized spacial score (nSPS) is 13.4. The van der Waals surface area contributed by atoms with Crippen LogP contribution in [0.15, 0.2) is 81.6 Å². The van der Waals surface area contributed by atoms with Crippen LogP contribution in [-0.4, -0.2) is 61.3 Å². The maximum atomic E-state index is 13.2. The zero-order valence-corrected chi connectivity index (χ0v) is 23.6. The molecule has 5 rings (SSSR count). The highest BCUT2D eigenvalue weighted by Crippen LogP contribution is 2.38. The zero-order chi connectivity index (χ0) is 32.0. The number of nitrogens with one attached hydrogen (secondary N) is 2. The molecule has 0 unspecified atom stereocenters. The fourth-order valence-corrected chi connectivity index (χ4v) is 5.66. The number of hydrogen-bond donors (Lipinski definition) is 5. The van der Waals surface area contributed by atoms with Gasteiger partial charge in [-0.3, -0.25) is 23.5 Å². The monoisotopic (exact) mass is 637 g/mol. The van der Waals surface area contributed by atoms with E-state index in [0.717, 1.165) is 23.5 Å². The van der Waals surface area contributed by atoms with Gasteiger partial charge < -0.3 is 5.73 Å². The molecule has 15 nitrogen and oxygen atoms in total. The Morgan fingerprint density at radius 2 is 1.36 bits per heavy atom. The van der Waals surface area contributed by atoms with Crippen molar-refractivity contribution in [3.8, 4) is 11.1 Å². The quantitative estimate of drug-likeness (QED) is 0.0491. The van der Waals surface area contributed by atoms with Crippen molar-refractivity contribution in [3.05, 3.63) is 89.0 Å². The number of hydrazone groups is 1. The molecule has 6 N–H and O–H groups in total.